The van der Waals surface area contributed by atoms with Crippen LogP contribution in [0.5, 0.6) is 0 Å². The van der Waals surface area contributed by atoms with Crippen LogP contribution in [0.3, 0.4) is 0 Å². The van der Waals surface area contributed by atoms with Gasteiger partial charge in [-0.15, -0.1) is 0 Å². The molecule has 0 saturated heterocycles. The van der Waals surface area contributed by atoms with E-state index in [4.69, 9.17) is 0 Å². The highest BCUT2D eigenvalue weighted by Gasteiger charge is 2.27. The van der Waals surface area contributed by atoms with Gasteiger partial charge in [-0.3, -0.25) is 19.7 Å². The first-order valence-electron chi connectivity index (χ1n) is 6.01. The number of hydrogen-bond acceptors (Lipinski definition) is 3. The Morgan fingerprint density at radius 3 is 2.17 bits per heavy atom. The van der Waals surface area contributed by atoms with Gasteiger partial charge in [-0.25, -0.2) is 0 Å². The molecule has 0 aliphatic rings. The molecule has 0 spiro atoms. The first kappa shape index (κ1) is 14.1. The quantitative estimate of drug-likeness (QED) is 0.807. The number of rotatable bonds is 5. The molecule has 1 aromatic rings. The highest BCUT2D eigenvalue weighted by Crippen LogP contribution is 2.18. The van der Waals surface area contributed by atoms with E-state index in [9.17, 15) is 14.4 Å². The highest BCUT2D eigenvalue weighted by atomic mass is 16.2. The minimum atomic E-state index is -0.897. The number of ketones is 1. The topological polar surface area (TPSA) is 63.2 Å². The molecule has 0 aliphatic heterocycles. The van der Waals surface area contributed by atoms with Crippen molar-refractivity contribution in [3.05, 3.63) is 35.9 Å². The van der Waals surface area contributed by atoms with Gasteiger partial charge in [0.1, 0.15) is 11.7 Å². The van der Waals surface area contributed by atoms with Crippen LogP contribution in [-0.2, 0) is 14.4 Å². The Bertz CT molecular complexity index is 440. The fraction of sp³-hybridized carbons (Fsp3) is 0.357. The van der Waals surface area contributed by atoms with Crippen LogP contribution in [0.15, 0.2) is 30.3 Å². The van der Waals surface area contributed by atoms with Gasteiger partial charge in [0.2, 0.25) is 11.8 Å². The molecule has 0 radical (unpaired) electrons. The molecule has 2 amide bonds. The number of carbonyl (C=O) groups is 3. The molecular weight excluding hydrogens is 230 g/mol. The normalized spacial score (nSPS) is 11.7. The summed E-state index contributed by atoms with van der Waals surface area (Å²) in [7, 11) is 0. The van der Waals surface area contributed by atoms with Gasteiger partial charge in [0.25, 0.3) is 0 Å². The smallest absolute Gasteiger partial charge is 0.241 e. The van der Waals surface area contributed by atoms with Crippen molar-refractivity contribution in [3.8, 4) is 0 Å². The van der Waals surface area contributed by atoms with Crippen LogP contribution in [-0.4, -0.2) is 17.6 Å². The molecule has 1 unspecified atom stereocenters. The molecule has 96 valence electrons. The lowest BCUT2D eigenvalue weighted by Crippen LogP contribution is -2.37. The Hall–Kier alpha value is -1.97. The number of nitrogens with one attached hydrogen (secondary N) is 1. The summed E-state index contributed by atoms with van der Waals surface area (Å²) in [6.07, 6.45) is 0.473. The van der Waals surface area contributed by atoms with Gasteiger partial charge in [-0.1, -0.05) is 44.2 Å². The summed E-state index contributed by atoms with van der Waals surface area (Å²) in [5.41, 5.74) is 0.616. The molecule has 1 atom stereocenters. The molecule has 4 nitrogen and oxygen atoms in total. The van der Waals surface area contributed by atoms with Crippen molar-refractivity contribution in [1.29, 1.82) is 0 Å². The number of carbonyl (C=O) groups excluding carboxylic acids is 3. The van der Waals surface area contributed by atoms with Gasteiger partial charge >= 0.3 is 0 Å². The Balaban J connectivity index is 2.96. The maximum Gasteiger partial charge on any atom is 0.241 e. The zero-order valence-electron chi connectivity index (χ0n) is 10.6. The fourth-order valence-corrected chi connectivity index (χ4v) is 1.63. The third-order valence-corrected chi connectivity index (χ3v) is 2.65. The molecule has 0 bridgehead atoms. The summed E-state index contributed by atoms with van der Waals surface area (Å²) < 4.78 is 0. The number of benzene rings is 1. The second-order valence-electron chi connectivity index (χ2n) is 3.93. The molecule has 0 aromatic heterocycles. The van der Waals surface area contributed by atoms with E-state index < -0.39 is 11.8 Å². The van der Waals surface area contributed by atoms with Crippen LogP contribution in [0.2, 0.25) is 0 Å². The van der Waals surface area contributed by atoms with Crippen molar-refractivity contribution in [2.45, 2.75) is 32.6 Å². The average Bonchev–Trinajstić information content (AvgIpc) is 2.39. The van der Waals surface area contributed by atoms with E-state index in [2.05, 4.69) is 5.32 Å². The van der Waals surface area contributed by atoms with E-state index in [1.165, 1.54) is 0 Å². The number of amides is 2. The molecule has 1 rings (SSSR count). The first-order valence-corrected chi connectivity index (χ1v) is 6.01. The van der Waals surface area contributed by atoms with E-state index in [1.807, 2.05) is 6.07 Å². The molecule has 0 heterocycles. The molecule has 18 heavy (non-hydrogen) atoms. The van der Waals surface area contributed by atoms with E-state index in [0.717, 1.165) is 0 Å². The highest BCUT2D eigenvalue weighted by molar-refractivity contribution is 6.11. The molecule has 0 fully saturated rings. The van der Waals surface area contributed by atoms with Crippen molar-refractivity contribution in [2.75, 3.05) is 0 Å². The Kier molecular flexibility index (Phi) is 5.24. The van der Waals surface area contributed by atoms with E-state index >= 15 is 0 Å². The van der Waals surface area contributed by atoms with Crippen LogP contribution >= 0.6 is 0 Å². The van der Waals surface area contributed by atoms with Crippen molar-refractivity contribution in [2.24, 2.45) is 0 Å². The number of imide groups is 1. The zero-order chi connectivity index (χ0) is 13.5. The van der Waals surface area contributed by atoms with Gasteiger partial charge in [0.05, 0.1) is 0 Å². The van der Waals surface area contributed by atoms with Crippen LogP contribution in [0, 0.1) is 0 Å². The predicted molar refractivity (Wildman–Crippen MR) is 67.9 cm³/mol. The fourth-order valence-electron chi connectivity index (χ4n) is 1.63. The Morgan fingerprint density at radius 2 is 1.67 bits per heavy atom. The Labute approximate surface area is 106 Å². The third-order valence-electron chi connectivity index (χ3n) is 2.65. The largest absolute Gasteiger partial charge is 0.298 e. The summed E-state index contributed by atoms with van der Waals surface area (Å²) in [5, 5.41) is 2.24. The van der Waals surface area contributed by atoms with Crippen LogP contribution in [0.25, 0.3) is 0 Å². The molecule has 0 aliphatic carbocycles. The molecule has 4 heteroatoms. The number of Topliss-reactive ketones (excluding diaryl/α,β-unsaturated/α-hetero) is 1. The summed E-state index contributed by atoms with van der Waals surface area (Å²) in [5.74, 6) is -2.00. The monoisotopic (exact) mass is 247 g/mol. The summed E-state index contributed by atoms with van der Waals surface area (Å²) in [4.78, 5) is 35.0. The minimum Gasteiger partial charge on any atom is -0.298 e. The molecule has 1 N–H and O–H groups in total. The van der Waals surface area contributed by atoms with Crippen molar-refractivity contribution in [1.82, 2.24) is 5.32 Å². The minimum absolute atomic E-state index is 0.192. The van der Waals surface area contributed by atoms with Gasteiger partial charge in [-0.05, 0) is 5.56 Å². The molecule has 0 saturated carbocycles. The lowest BCUT2D eigenvalue weighted by atomic mass is 9.92. The first-order chi connectivity index (χ1) is 8.60. The van der Waals surface area contributed by atoms with E-state index in [-0.39, 0.29) is 24.5 Å². The van der Waals surface area contributed by atoms with Gasteiger partial charge in [0.15, 0.2) is 0 Å². The van der Waals surface area contributed by atoms with Gasteiger partial charge in [0, 0.05) is 12.8 Å². The lowest BCUT2D eigenvalue weighted by molar-refractivity contribution is -0.134. The van der Waals surface area contributed by atoms with Crippen molar-refractivity contribution >= 4 is 17.6 Å². The van der Waals surface area contributed by atoms with Crippen LogP contribution in [0.1, 0.15) is 38.2 Å². The molecular formula is C14H17NO3. The summed E-state index contributed by atoms with van der Waals surface area (Å²) in [6, 6.07) is 8.77. The zero-order valence-corrected chi connectivity index (χ0v) is 10.6. The van der Waals surface area contributed by atoms with Gasteiger partial charge < -0.3 is 0 Å². The van der Waals surface area contributed by atoms with Gasteiger partial charge in [-0.2, -0.15) is 0 Å². The summed E-state index contributed by atoms with van der Waals surface area (Å²) in [6.45, 7) is 3.36. The Morgan fingerprint density at radius 1 is 1.06 bits per heavy atom. The third kappa shape index (κ3) is 3.52. The van der Waals surface area contributed by atoms with Crippen LogP contribution in [0.4, 0.5) is 0 Å². The maximum atomic E-state index is 12.0. The maximum absolute atomic E-state index is 12.0. The SMILES string of the molecule is CCC(=O)NC(=O)C(C(=O)CC)c1ccccc1. The molecule has 1 aromatic carbocycles. The standard InChI is InChI=1S/C14H17NO3/c1-3-11(16)13(10-8-6-5-7-9-10)14(18)15-12(17)4-2/h5-9,13H,3-4H2,1-2H3,(H,15,17,18). The van der Waals surface area contributed by atoms with Crippen molar-refractivity contribution in [3.63, 3.8) is 0 Å². The lowest BCUT2D eigenvalue weighted by Gasteiger charge is -2.14. The van der Waals surface area contributed by atoms with E-state index in [0.29, 0.717) is 5.56 Å². The predicted octanol–water partition coefficient (Wildman–Crippen LogP) is 1.80. The van der Waals surface area contributed by atoms with E-state index in [1.54, 1.807) is 38.1 Å². The second-order valence-corrected chi connectivity index (χ2v) is 3.93. The van der Waals surface area contributed by atoms with Crippen LogP contribution < -0.4 is 5.32 Å². The number of hydrogen-bond donors (Lipinski definition) is 1. The van der Waals surface area contributed by atoms with Crippen molar-refractivity contribution < 1.29 is 14.4 Å². The average molecular weight is 247 g/mol. The summed E-state index contributed by atoms with van der Waals surface area (Å²) >= 11 is 0. The second kappa shape index (κ2) is 6.69.